The molecule has 1 amide bonds. The molecule has 1 heterocycles. The topological polar surface area (TPSA) is 108 Å². The van der Waals surface area contributed by atoms with Gasteiger partial charge in [0, 0.05) is 17.5 Å². The fourth-order valence-corrected chi connectivity index (χ4v) is 3.25. The van der Waals surface area contributed by atoms with E-state index in [0.717, 1.165) is 0 Å². The number of hydrogen-bond donors (Lipinski definition) is 1. The van der Waals surface area contributed by atoms with Crippen molar-refractivity contribution < 1.29 is 26.9 Å². The van der Waals surface area contributed by atoms with Crippen molar-refractivity contribution in [3.8, 4) is 11.8 Å². The molecule has 8 nitrogen and oxygen atoms in total. The first-order chi connectivity index (χ1) is 15.3. The van der Waals surface area contributed by atoms with Gasteiger partial charge in [0.2, 0.25) is 0 Å². The number of alkyl halides is 2. The summed E-state index contributed by atoms with van der Waals surface area (Å²) in [6.07, 6.45) is 1.30. The average molecular weight is 460 g/mol. The number of amides is 1. The highest BCUT2D eigenvalue weighted by molar-refractivity contribution is 7.82. The van der Waals surface area contributed by atoms with E-state index in [1.165, 1.54) is 19.2 Å². The Labute approximate surface area is 185 Å². The lowest BCUT2D eigenvalue weighted by atomic mass is 10.1. The number of hydrogen-bond acceptors (Lipinski definition) is 7. The van der Waals surface area contributed by atoms with E-state index in [0.29, 0.717) is 16.8 Å². The van der Waals surface area contributed by atoms with Crippen LogP contribution >= 0.6 is 0 Å². The van der Waals surface area contributed by atoms with Crippen LogP contribution in [0.15, 0.2) is 52.9 Å². The number of benzene rings is 2. The number of anilines is 2. The van der Waals surface area contributed by atoms with E-state index in [9.17, 15) is 17.8 Å². The fourth-order valence-electron chi connectivity index (χ4n) is 2.89. The Bertz CT molecular complexity index is 1180. The summed E-state index contributed by atoms with van der Waals surface area (Å²) >= 11 is 0. The Morgan fingerprint density at radius 1 is 1.28 bits per heavy atom. The highest BCUT2D eigenvalue weighted by Crippen LogP contribution is 2.31. The molecule has 32 heavy (non-hydrogen) atoms. The van der Waals surface area contributed by atoms with Crippen LogP contribution in [0.3, 0.4) is 0 Å². The van der Waals surface area contributed by atoms with Crippen LogP contribution in [0.4, 0.5) is 20.5 Å². The van der Waals surface area contributed by atoms with Crippen molar-refractivity contribution in [2.75, 3.05) is 11.2 Å². The maximum Gasteiger partial charge on any atom is 0.387 e. The summed E-state index contributed by atoms with van der Waals surface area (Å²) in [5, 5.41) is 9.06. The normalized spacial score (nSPS) is 11.6. The summed E-state index contributed by atoms with van der Waals surface area (Å²) in [5.74, 6) is -0.526. The zero-order valence-corrected chi connectivity index (χ0v) is 17.9. The molecule has 11 heteroatoms. The average Bonchev–Trinajstić information content (AvgIpc) is 3.14. The van der Waals surface area contributed by atoms with E-state index < -0.39 is 23.5 Å². The van der Waals surface area contributed by atoms with Gasteiger partial charge < -0.3 is 9.15 Å². The van der Waals surface area contributed by atoms with Crippen molar-refractivity contribution in [1.29, 1.82) is 5.26 Å². The molecule has 0 bridgehead atoms. The van der Waals surface area contributed by atoms with Crippen molar-refractivity contribution >= 4 is 28.6 Å². The molecule has 0 aliphatic carbocycles. The van der Waals surface area contributed by atoms with Crippen LogP contribution in [-0.4, -0.2) is 28.0 Å². The van der Waals surface area contributed by atoms with Crippen LogP contribution in [0.1, 0.15) is 27.4 Å². The van der Waals surface area contributed by atoms with Crippen LogP contribution in [-0.2, 0) is 17.5 Å². The summed E-state index contributed by atoms with van der Waals surface area (Å²) in [4.78, 5) is 18.1. The maximum absolute atomic E-state index is 12.8. The van der Waals surface area contributed by atoms with E-state index in [4.69, 9.17) is 9.68 Å². The van der Waals surface area contributed by atoms with Gasteiger partial charge in [-0.25, -0.2) is 4.21 Å². The summed E-state index contributed by atoms with van der Waals surface area (Å²) in [6.45, 7) is -1.47. The Kier molecular flexibility index (Phi) is 7.17. The van der Waals surface area contributed by atoms with Gasteiger partial charge in [-0.05, 0) is 37.3 Å². The van der Waals surface area contributed by atoms with E-state index in [2.05, 4.69) is 14.4 Å². The standard InChI is InChI=1S/C21H18F2N4O4S/c1-13-18(19(28)26-32(2)29)25-21(30-13)27(16-9-7-14(11-24)8-10-16)12-15-5-3-4-6-17(15)31-20(22)23/h3-10,20H,12H2,1-2H3,(H,26,28). The number of nitriles is 1. The number of halogens is 2. The van der Waals surface area contributed by atoms with Gasteiger partial charge >= 0.3 is 12.6 Å². The van der Waals surface area contributed by atoms with Crippen LogP contribution in [0, 0.1) is 18.3 Å². The lowest BCUT2D eigenvalue weighted by molar-refractivity contribution is -0.0504. The van der Waals surface area contributed by atoms with E-state index in [1.807, 2.05) is 6.07 Å². The molecular weight excluding hydrogens is 442 g/mol. The zero-order valence-electron chi connectivity index (χ0n) is 17.0. The molecule has 166 valence electrons. The molecule has 1 unspecified atom stereocenters. The predicted molar refractivity (Wildman–Crippen MR) is 113 cm³/mol. The number of aryl methyl sites for hydroxylation is 1. The number of ether oxygens (including phenoxy) is 1. The third-order valence-electron chi connectivity index (χ3n) is 4.29. The molecular formula is C21H18F2N4O4S. The minimum absolute atomic E-state index is 0.00564. The quantitative estimate of drug-likeness (QED) is 0.544. The van der Waals surface area contributed by atoms with Gasteiger partial charge in [0.15, 0.2) is 5.69 Å². The minimum atomic E-state index is -3.01. The van der Waals surface area contributed by atoms with Gasteiger partial charge in [0.25, 0.3) is 5.91 Å². The number of oxazole rings is 1. The molecule has 1 aromatic heterocycles. The lowest BCUT2D eigenvalue weighted by Crippen LogP contribution is -2.25. The number of carbonyl (C=O) groups is 1. The molecule has 0 aliphatic rings. The summed E-state index contributed by atoms with van der Waals surface area (Å²) in [5.41, 5.74) is 1.30. The maximum atomic E-state index is 12.8. The number of nitrogens with one attached hydrogen (secondary N) is 1. The molecule has 0 fully saturated rings. The first kappa shape index (κ1) is 22.9. The van der Waals surface area contributed by atoms with Gasteiger partial charge in [-0.3, -0.25) is 14.4 Å². The summed E-state index contributed by atoms with van der Waals surface area (Å²) in [6, 6.07) is 14.7. The largest absolute Gasteiger partial charge is 0.434 e. The molecule has 1 atom stereocenters. The molecule has 0 radical (unpaired) electrons. The molecule has 0 aliphatic heterocycles. The monoisotopic (exact) mass is 460 g/mol. The van der Waals surface area contributed by atoms with E-state index >= 15 is 0 Å². The number of para-hydroxylation sites is 1. The number of aromatic nitrogens is 1. The number of rotatable bonds is 8. The first-order valence-electron chi connectivity index (χ1n) is 9.20. The number of nitrogens with zero attached hydrogens (tertiary/aromatic N) is 3. The third-order valence-corrected chi connectivity index (χ3v) is 4.77. The highest BCUT2D eigenvalue weighted by Gasteiger charge is 2.24. The molecule has 3 rings (SSSR count). The van der Waals surface area contributed by atoms with Crippen LogP contribution < -0.4 is 14.4 Å². The highest BCUT2D eigenvalue weighted by atomic mass is 32.2. The van der Waals surface area contributed by atoms with E-state index in [-0.39, 0.29) is 29.8 Å². The molecule has 1 N–H and O–H groups in total. The fraction of sp³-hybridized carbons (Fsp3) is 0.190. The van der Waals surface area contributed by atoms with Gasteiger partial charge in [0.05, 0.1) is 18.2 Å². The molecule has 2 aromatic carbocycles. The van der Waals surface area contributed by atoms with E-state index in [1.54, 1.807) is 47.4 Å². The first-order valence-corrected chi connectivity index (χ1v) is 10.8. The lowest BCUT2D eigenvalue weighted by Gasteiger charge is -2.22. The SMILES string of the molecule is Cc1oc(N(Cc2ccccc2OC(F)F)c2ccc(C#N)cc2)nc1C(=O)NS(C)=O. The van der Waals surface area contributed by atoms with Crippen LogP contribution in [0.5, 0.6) is 5.75 Å². The Morgan fingerprint density at radius 3 is 2.59 bits per heavy atom. The predicted octanol–water partition coefficient (Wildman–Crippen LogP) is 3.82. The van der Waals surface area contributed by atoms with Gasteiger partial charge in [-0.2, -0.15) is 19.0 Å². The second-order valence-electron chi connectivity index (χ2n) is 6.52. The molecule has 3 aromatic rings. The van der Waals surface area contributed by atoms with Crippen molar-refractivity contribution in [2.24, 2.45) is 0 Å². The third kappa shape index (κ3) is 5.47. The summed E-state index contributed by atoms with van der Waals surface area (Å²) in [7, 11) is -1.60. The second kappa shape index (κ2) is 10.0. The zero-order chi connectivity index (χ0) is 23.3. The minimum Gasteiger partial charge on any atom is -0.434 e. The van der Waals surface area contributed by atoms with Gasteiger partial charge in [-0.1, -0.05) is 18.2 Å². The molecule has 0 spiro atoms. The molecule has 0 saturated heterocycles. The Morgan fingerprint density at radius 2 is 1.97 bits per heavy atom. The molecule has 0 saturated carbocycles. The number of carbonyl (C=O) groups excluding carboxylic acids is 1. The van der Waals surface area contributed by atoms with Crippen LogP contribution in [0.25, 0.3) is 0 Å². The second-order valence-corrected chi connectivity index (χ2v) is 7.63. The van der Waals surface area contributed by atoms with Crippen molar-refractivity contribution in [3.05, 3.63) is 71.1 Å². The summed E-state index contributed by atoms with van der Waals surface area (Å²) < 4.78 is 49.6. The smallest absolute Gasteiger partial charge is 0.387 e. The van der Waals surface area contributed by atoms with Crippen molar-refractivity contribution in [3.63, 3.8) is 0 Å². The Balaban J connectivity index is 2.04. The van der Waals surface area contributed by atoms with Gasteiger partial charge in [0.1, 0.15) is 22.5 Å². The Hall–Kier alpha value is -3.78. The van der Waals surface area contributed by atoms with Gasteiger partial charge in [-0.15, -0.1) is 0 Å². The van der Waals surface area contributed by atoms with Crippen molar-refractivity contribution in [1.82, 2.24) is 9.71 Å². The van der Waals surface area contributed by atoms with Crippen molar-refractivity contribution in [2.45, 2.75) is 20.1 Å². The van der Waals surface area contributed by atoms with Crippen LogP contribution in [0.2, 0.25) is 0 Å².